The second-order valence-electron chi connectivity index (χ2n) is 6.08. The lowest BCUT2D eigenvalue weighted by Crippen LogP contribution is -2.45. The van der Waals surface area contributed by atoms with Gasteiger partial charge in [-0.05, 0) is 43.7 Å². The van der Waals surface area contributed by atoms with Gasteiger partial charge >= 0.3 is 0 Å². The molecule has 1 saturated heterocycles. The summed E-state index contributed by atoms with van der Waals surface area (Å²) >= 11 is 0. The molecule has 0 aromatic carbocycles. The highest BCUT2D eigenvalue weighted by molar-refractivity contribution is 5.46. The smallest absolute Gasteiger partial charge is 0.0957 e. The fourth-order valence-electron chi connectivity index (χ4n) is 3.03. The molecule has 0 aliphatic carbocycles. The standard InChI is InChI=1S/C16H26N2O/c1-5-16(19)15-7-6-14(9-17-15)18-10-11(2)8-12(3)13(18)4/h6-7,9,11-13,16,19H,5,8,10H2,1-4H3. The van der Waals surface area contributed by atoms with Crippen LogP contribution in [0.25, 0.3) is 0 Å². The summed E-state index contributed by atoms with van der Waals surface area (Å²) in [4.78, 5) is 6.87. The van der Waals surface area contributed by atoms with Gasteiger partial charge in [-0.2, -0.15) is 0 Å². The monoisotopic (exact) mass is 262 g/mol. The maximum Gasteiger partial charge on any atom is 0.0957 e. The molecule has 2 rings (SSSR count). The first-order valence-corrected chi connectivity index (χ1v) is 7.43. The van der Waals surface area contributed by atoms with Crippen LogP contribution in [0.1, 0.15) is 52.3 Å². The van der Waals surface area contributed by atoms with Gasteiger partial charge in [0.25, 0.3) is 0 Å². The molecule has 1 aromatic rings. The Labute approximate surface area is 116 Å². The van der Waals surface area contributed by atoms with Gasteiger partial charge in [0.2, 0.25) is 0 Å². The number of aromatic nitrogens is 1. The highest BCUT2D eigenvalue weighted by Gasteiger charge is 2.29. The van der Waals surface area contributed by atoms with Crippen molar-refractivity contribution in [2.45, 2.75) is 52.7 Å². The van der Waals surface area contributed by atoms with E-state index < -0.39 is 6.10 Å². The van der Waals surface area contributed by atoms with Crippen molar-refractivity contribution in [3.63, 3.8) is 0 Å². The zero-order chi connectivity index (χ0) is 14.0. The highest BCUT2D eigenvalue weighted by Crippen LogP contribution is 2.31. The number of aliphatic hydroxyl groups excluding tert-OH is 1. The summed E-state index contributed by atoms with van der Waals surface area (Å²) in [7, 11) is 0. The van der Waals surface area contributed by atoms with Crippen molar-refractivity contribution in [1.82, 2.24) is 4.98 Å². The van der Waals surface area contributed by atoms with Crippen molar-refractivity contribution < 1.29 is 5.11 Å². The van der Waals surface area contributed by atoms with E-state index in [0.717, 1.165) is 18.2 Å². The average Bonchev–Trinajstić information content (AvgIpc) is 2.42. The van der Waals surface area contributed by atoms with Crippen LogP contribution in [-0.2, 0) is 0 Å². The number of aliphatic hydroxyl groups is 1. The van der Waals surface area contributed by atoms with Crippen molar-refractivity contribution in [3.8, 4) is 0 Å². The van der Waals surface area contributed by atoms with Crippen LogP contribution >= 0.6 is 0 Å². The molecule has 0 radical (unpaired) electrons. The summed E-state index contributed by atoms with van der Waals surface area (Å²) in [5.41, 5.74) is 1.95. The third-order valence-electron chi connectivity index (χ3n) is 4.43. The Morgan fingerprint density at radius 1 is 1.37 bits per heavy atom. The molecule has 19 heavy (non-hydrogen) atoms. The van der Waals surface area contributed by atoms with Gasteiger partial charge in [0.1, 0.15) is 0 Å². The minimum atomic E-state index is -0.439. The molecule has 106 valence electrons. The van der Waals surface area contributed by atoms with Crippen LogP contribution in [0.4, 0.5) is 5.69 Å². The number of piperidine rings is 1. The van der Waals surface area contributed by atoms with E-state index in [-0.39, 0.29) is 0 Å². The molecule has 0 amide bonds. The van der Waals surface area contributed by atoms with Crippen molar-refractivity contribution in [2.75, 3.05) is 11.4 Å². The lowest BCUT2D eigenvalue weighted by atomic mass is 9.86. The van der Waals surface area contributed by atoms with Crippen LogP contribution in [0.2, 0.25) is 0 Å². The number of nitrogens with zero attached hydrogens (tertiary/aromatic N) is 2. The number of rotatable bonds is 3. The van der Waals surface area contributed by atoms with Gasteiger partial charge in [-0.1, -0.05) is 20.8 Å². The van der Waals surface area contributed by atoms with Gasteiger partial charge in [-0.15, -0.1) is 0 Å². The van der Waals surface area contributed by atoms with E-state index >= 15 is 0 Å². The van der Waals surface area contributed by atoms with Gasteiger partial charge in [-0.3, -0.25) is 4.98 Å². The first-order valence-electron chi connectivity index (χ1n) is 7.43. The predicted molar refractivity (Wildman–Crippen MR) is 79.2 cm³/mol. The molecule has 4 unspecified atom stereocenters. The Morgan fingerprint density at radius 2 is 2.11 bits per heavy atom. The fourth-order valence-corrected chi connectivity index (χ4v) is 3.03. The number of pyridine rings is 1. The summed E-state index contributed by atoms with van der Waals surface area (Å²) in [6.45, 7) is 10.0. The molecule has 1 N–H and O–H groups in total. The highest BCUT2D eigenvalue weighted by atomic mass is 16.3. The van der Waals surface area contributed by atoms with E-state index in [1.807, 2.05) is 19.2 Å². The molecular weight excluding hydrogens is 236 g/mol. The zero-order valence-electron chi connectivity index (χ0n) is 12.5. The van der Waals surface area contributed by atoms with Gasteiger partial charge < -0.3 is 10.0 Å². The third-order valence-corrected chi connectivity index (χ3v) is 4.43. The molecule has 1 aromatic heterocycles. The molecule has 1 aliphatic rings. The van der Waals surface area contributed by atoms with Crippen LogP contribution in [-0.4, -0.2) is 22.7 Å². The summed E-state index contributed by atoms with van der Waals surface area (Å²) in [5.74, 6) is 1.44. The van der Waals surface area contributed by atoms with Gasteiger partial charge in [0.05, 0.1) is 23.7 Å². The van der Waals surface area contributed by atoms with Crippen molar-refractivity contribution >= 4 is 5.69 Å². The van der Waals surface area contributed by atoms with E-state index in [9.17, 15) is 5.11 Å². The summed E-state index contributed by atoms with van der Waals surface area (Å²) < 4.78 is 0. The SMILES string of the molecule is CCC(O)c1ccc(N2CC(C)CC(C)C2C)cn1. The molecule has 1 aliphatic heterocycles. The number of hydrogen-bond acceptors (Lipinski definition) is 3. The van der Waals surface area contributed by atoms with E-state index in [1.165, 1.54) is 12.1 Å². The Bertz CT molecular complexity index is 404. The van der Waals surface area contributed by atoms with E-state index in [0.29, 0.717) is 18.4 Å². The molecule has 0 saturated carbocycles. The summed E-state index contributed by atoms with van der Waals surface area (Å²) in [5, 5.41) is 9.79. The van der Waals surface area contributed by atoms with E-state index in [1.54, 1.807) is 0 Å². The fraction of sp³-hybridized carbons (Fsp3) is 0.688. The van der Waals surface area contributed by atoms with Gasteiger partial charge in [-0.25, -0.2) is 0 Å². The third kappa shape index (κ3) is 3.08. The normalized spacial score (nSPS) is 29.3. The Hall–Kier alpha value is -1.09. The molecule has 4 atom stereocenters. The maximum atomic E-state index is 9.79. The quantitative estimate of drug-likeness (QED) is 0.907. The zero-order valence-corrected chi connectivity index (χ0v) is 12.5. The van der Waals surface area contributed by atoms with Gasteiger partial charge in [0, 0.05) is 12.6 Å². The van der Waals surface area contributed by atoms with Crippen LogP contribution in [0.5, 0.6) is 0 Å². The predicted octanol–water partition coefficient (Wildman–Crippen LogP) is 3.40. The second kappa shape index (κ2) is 5.91. The first kappa shape index (κ1) is 14.3. The second-order valence-corrected chi connectivity index (χ2v) is 6.08. The Kier molecular flexibility index (Phi) is 4.46. The van der Waals surface area contributed by atoms with E-state index in [2.05, 4.69) is 36.7 Å². The lowest BCUT2D eigenvalue weighted by Gasteiger charge is -2.42. The molecule has 0 spiro atoms. The Morgan fingerprint density at radius 3 is 2.68 bits per heavy atom. The number of hydrogen-bond donors (Lipinski definition) is 1. The van der Waals surface area contributed by atoms with Crippen molar-refractivity contribution in [2.24, 2.45) is 11.8 Å². The summed E-state index contributed by atoms with van der Waals surface area (Å²) in [6.07, 6.45) is 3.49. The minimum absolute atomic E-state index is 0.439. The van der Waals surface area contributed by atoms with Crippen LogP contribution in [0, 0.1) is 11.8 Å². The lowest BCUT2D eigenvalue weighted by molar-refractivity contribution is 0.169. The molecule has 0 bridgehead atoms. The summed E-state index contributed by atoms with van der Waals surface area (Å²) in [6, 6.07) is 4.61. The first-order chi connectivity index (χ1) is 9.02. The maximum absolute atomic E-state index is 9.79. The molecule has 2 heterocycles. The molecule has 1 fully saturated rings. The number of anilines is 1. The van der Waals surface area contributed by atoms with Crippen LogP contribution < -0.4 is 4.90 Å². The van der Waals surface area contributed by atoms with E-state index in [4.69, 9.17) is 0 Å². The average molecular weight is 262 g/mol. The molecule has 3 nitrogen and oxygen atoms in total. The molecular formula is C16H26N2O. The van der Waals surface area contributed by atoms with Crippen LogP contribution in [0.15, 0.2) is 18.3 Å². The minimum Gasteiger partial charge on any atom is -0.387 e. The largest absolute Gasteiger partial charge is 0.387 e. The van der Waals surface area contributed by atoms with Crippen LogP contribution in [0.3, 0.4) is 0 Å². The van der Waals surface area contributed by atoms with Crippen molar-refractivity contribution in [3.05, 3.63) is 24.0 Å². The molecule has 3 heteroatoms. The Balaban J connectivity index is 2.16. The van der Waals surface area contributed by atoms with Gasteiger partial charge in [0.15, 0.2) is 0 Å². The topological polar surface area (TPSA) is 36.4 Å². The van der Waals surface area contributed by atoms with Crippen molar-refractivity contribution in [1.29, 1.82) is 0 Å².